The van der Waals surface area contributed by atoms with Crippen molar-refractivity contribution < 1.29 is 33.3 Å². The van der Waals surface area contributed by atoms with Gasteiger partial charge in [0, 0.05) is 23.0 Å². The zero-order chi connectivity index (χ0) is 31.8. The first-order valence-corrected chi connectivity index (χ1v) is 15.3. The van der Waals surface area contributed by atoms with Gasteiger partial charge in [-0.1, -0.05) is 60.7 Å². The summed E-state index contributed by atoms with van der Waals surface area (Å²) < 4.78 is 22.4. The van der Waals surface area contributed by atoms with Crippen LogP contribution in [0.3, 0.4) is 0 Å². The second-order valence-electron chi connectivity index (χ2n) is 12.0. The number of rotatable bonds is 10. The molecule has 0 spiro atoms. The molecule has 9 heteroatoms. The molecule has 1 N–H and O–H groups in total. The Morgan fingerprint density at radius 3 is 1.98 bits per heavy atom. The third-order valence-electron chi connectivity index (χ3n) is 9.30. The summed E-state index contributed by atoms with van der Waals surface area (Å²) in [5.41, 5.74) is 2.14. The lowest BCUT2D eigenvalue weighted by molar-refractivity contribution is -0.147. The first-order valence-electron chi connectivity index (χ1n) is 15.3. The van der Waals surface area contributed by atoms with Gasteiger partial charge in [-0.15, -0.1) is 0 Å². The Morgan fingerprint density at radius 1 is 0.826 bits per heavy atom. The van der Waals surface area contributed by atoms with Crippen LogP contribution in [-0.2, 0) is 27.5 Å². The largest absolute Gasteiger partial charge is 0.497 e. The van der Waals surface area contributed by atoms with Crippen LogP contribution in [0.15, 0.2) is 97.1 Å². The van der Waals surface area contributed by atoms with E-state index in [2.05, 4.69) is 5.32 Å². The van der Waals surface area contributed by atoms with E-state index in [9.17, 15) is 14.4 Å². The zero-order valence-corrected chi connectivity index (χ0v) is 25.6. The molecule has 46 heavy (non-hydrogen) atoms. The van der Waals surface area contributed by atoms with Crippen molar-refractivity contribution in [3.8, 4) is 23.0 Å². The number of hydrogen-bond acceptors (Lipinski definition) is 7. The van der Waals surface area contributed by atoms with Crippen LogP contribution in [0.5, 0.6) is 23.0 Å². The molecule has 234 valence electrons. The van der Waals surface area contributed by atoms with Crippen molar-refractivity contribution in [1.29, 1.82) is 0 Å². The highest BCUT2D eigenvalue weighted by Gasteiger charge is 2.66. The molecule has 0 aromatic heterocycles. The Morgan fingerprint density at radius 2 is 1.39 bits per heavy atom. The van der Waals surface area contributed by atoms with Crippen LogP contribution in [0.25, 0.3) is 0 Å². The third kappa shape index (κ3) is 5.31. The van der Waals surface area contributed by atoms with Crippen molar-refractivity contribution in [2.24, 2.45) is 11.8 Å². The van der Waals surface area contributed by atoms with Gasteiger partial charge in [-0.25, -0.2) is 4.79 Å². The summed E-state index contributed by atoms with van der Waals surface area (Å²) >= 11 is 0. The molecule has 9 nitrogen and oxygen atoms in total. The SMILES string of the molecule is COc1ccc(COC(=O)[C@H]2CC2[C@]2(CC3c4ccccc4Oc4ccccc43)NC(=O)N(Cc3ccc(OC)cc3)C2=O)cc1. The van der Waals surface area contributed by atoms with Crippen LogP contribution in [0.4, 0.5) is 4.79 Å². The number of hydrogen-bond donors (Lipinski definition) is 1. The van der Waals surface area contributed by atoms with Crippen LogP contribution in [0, 0.1) is 11.8 Å². The summed E-state index contributed by atoms with van der Waals surface area (Å²) in [6.07, 6.45) is 0.692. The van der Waals surface area contributed by atoms with E-state index in [1.165, 1.54) is 4.90 Å². The van der Waals surface area contributed by atoms with Crippen molar-refractivity contribution in [2.45, 2.75) is 37.5 Å². The van der Waals surface area contributed by atoms with E-state index in [-0.39, 0.29) is 37.4 Å². The fourth-order valence-electron chi connectivity index (χ4n) is 6.78. The first kappa shape index (κ1) is 29.4. The van der Waals surface area contributed by atoms with E-state index >= 15 is 0 Å². The number of benzene rings is 4. The van der Waals surface area contributed by atoms with Gasteiger partial charge in [0.25, 0.3) is 5.91 Å². The van der Waals surface area contributed by atoms with Gasteiger partial charge in [-0.3, -0.25) is 14.5 Å². The minimum atomic E-state index is -1.32. The quantitative estimate of drug-likeness (QED) is 0.167. The number of carbonyl (C=O) groups is 3. The molecule has 2 heterocycles. The van der Waals surface area contributed by atoms with Crippen molar-refractivity contribution in [3.63, 3.8) is 0 Å². The average molecular weight is 619 g/mol. The maximum absolute atomic E-state index is 14.6. The fourth-order valence-corrected chi connectivity index (χ4v) is 6.78. The molecule has 1 saturated carbocycles. The molecule has 0 bridgehead atoms. The summed E-state index contributed by atoms with van der Waals surface area (Å²) in [7, 11) is 3.18. The van der Waals surface area contributed by atoms with E-state index in [4.69, 9.17) is 18.9 Å². The summed E-state index contributed by atoms with van der Waals surface area (Å²) in [5, 5.41) is 3.10. The number of imide groups is 1. The lowest BCUT2D eigenvalue weighted by Gasteiger charge is -2.35. The highest BCUT2D eigenvalue weighted by atomic mass is 16.5. The number of nitrogens with one attached hydrogen (secondary N) is 1. The van der Waals surface area contributed by atoms with Gasteiger partial charge in [0.15, 0.2) is 0 Å². The van der Waals surface area contributed by atoms with Crippen LogP contribution in [-0.4, -0.2) is 42.6 Å². The number of para-hydroxylation sites is 2. The highest BCUT2D eigenvalue weighted by molar-refractivity contribution is 6.08. The number of ether oxygens (including phenoxy) is 4. The van der Waals surface area contributed by atoms with E-state index in [0.29, 0.717) is 29.4 Å². The molecule has 7 rings (SSSR count). The predicted octanol–water partition coefficient (Wildman–Crippen LogP) is 6.20. The third-order valence-corrected chi connectivity index (χ3v) is 9.30. The summed E-state index contributed by atoms with van der Waals surface area (Å²) in [4.78, 5) is 42.9. The standard InChI is InChI=1S/C37H34N2O7/c1-43-25-15-11-23(12-16-25)21-39-35(41)37(38-36(39)42,31-19-29(31)34(40)45-22-24-13-17-26(44-2)18-14-24)20-30-27-7-3-5-9-32(27)46-33-10-6-4-8-28(30)33/h3-18,29-31H,19-22H2,1-2H3,(H,38,42)/t29-,31?,37-/m0/s1. The van der Waals surface area contributed by atoms with Gasteiger partial charge in [-0.05, 0) is 60.4 Å². The minimum Gasteiger partial charge on any atom is -0.497 e. The van der Waals surface area contributed by atoms with E-state index in [1.54, 1.807) is 26.4 Å². The highest BCUT2D eigenvalue weighted by Crippen LogP contribution is 2.56. The number of carbonyl (C=O) groups excluding carboxylic acids is 3. The second-order valence-corrected chi connectivity index (χ2v) is 12.0. The number of nitrogens with zero attached hydrogens (tertiary/aromatic N) is 1. The minimum absolute atomic E-state index is 0.0939. The Balaban J connectivity index is 1.19. The van der Waals surface area contributed by atoms with Gasteiger partial charge in [-0.2, -0.15) is 0 Å². The molecule has 1 aliphatic carbocycles. The molecule has 1 unspecified atom stereocenters. The average Bonchev–Trinajstić information content (AvgIpc) is 3.87. The second kappa shape index (κ2) is 11.9. The molecule has 3 amide bonds. The molecule has 2 fully saturated rings. The van der Waals surface area contributed by atoms with Gasteiger partial charge in [0.1, 0.15) is 35.1 Å². The van der Waals surface area contributed by atoms with E-state index in [1.807, 2.05) is 84.9 Å². The normalized spacial score (nSPS) is 21.5. The molecular formula is C37H34N2O7. The Hall–Kier alpha value is -5.31. The molecule has 1 saturated heterocycles. The lowest BCUT2D eigenvalue weighted by atomic mass is 9.75. The van der Waals surface area contributed by atoms with Gasteiger partial charge < -0.3 is 24.3 Å². The molecule has 4 aromatic carbocycles. The van der Waals surface area contributed by atoms with E-state index in [0.717, 1.165) is 22.3 Å². The lowest BCUT2D eigenvalue weighted by Crippen LogP contribution is -2.51. The van der Waals surface area contributed by atoms with Gasteiger partial charge in [0.2, 0.25) is 0 Å². The van der Waals surface area contributed by atoms with Crippen LogP contribution < -0.4 is 19.5 Å². The Bertz CT molecular complexity index is 1740. The smallest absolute Gasteiger partial charge is 0.325 e. The maximum atomic E-state index is 14.6. The Kier molecular flexibility index (Phi) is 7.60. The molecule has 3 atom stereocenters. The van der Waals surface area contributed by atoms with Crippen LogP contribution in [0.2, 0.25) is 0 Å². The summed E-state index contributed by atoms with van der Waals surface area (Å²) in [6.45, 7) is 0.195. The molecule has 0 radical (unpaired) electrons. The molecule has 2 aliphatic heterocycles. The van der Waals surface area contributed by atoms with Crippen molar-refractivity contribution in [3.05, 3.63) is 119 Å². The van der Waals surface area contributed by atoms with Gasteiger partial charge >= 0.3 is 12.0 Å². The molecule has 4 aromatic rings. The number of esters is 1. The number of fused-ring (bicyclic) bond motifs is 2. The van der Waals surface area contributed by atoms with E-state index < -0.39 is 23.4 Å². The summed E-state index contributed by atoms with van der Waals surface area (Å²) in [6, 6.07) is 29.6. The maximum Gasteiger partial charge on any atom is 0.325 e. The first-order chi connectivity index (χ1) is 22.4. The monoisotopic (exact) mass is 618 g/mol. The van der Waals surface area contributed by atoms with Gasteiger partial charge in [0.05, 0.1) is 26.7 Å². The van der Waals surface area contributed by atoms with Crippen molar-refractivity contribution >= 4 is 17.9 Å². The zero-order valence-electron chi connectivity index (χ0n) is 25.6. The fraction of sp³-hybridized carbons (Fsp3) is 0.270. The van der Waals surface area contributed by atoms with Crippen LogP contribution >= 0.6 is 0 Å². The van der Waals surface area contributed by atoms with Crippen molar-refractivity contribution in [2.75, 3.05) is 14.2 Å². The molecule has 3 aliphatic rings. The number of urea groups is 1. The number of methoxy groups -OCH3 is 2. The van der Waals surface area contributed by atoms with Crippen LogP contribution in [0.1, 0.15) is 41.0 Å². The molecular weight excluding hydrogens is 584 g/mol. The summed E-state index contributed by atoms with van der Waals surface area (Å²) in [5.74, 6) is 0.853. The number of amides is 3. The topological polar surface area (TPSA) is 103 Å². The van der Waals surface area contributed by atoms with Crippen molar-refractivity contribution in [1.82, 2.24) is 10.2 Å². The predicted molar refractivity (Wildman–Crippen MR) is 169 cm³/mol. The Labute approximate surface area is 267 Å².